The Bertz CT molecular complexity index is 387. The van der Waals surface area contributed by atoms with Gasteiger partial charge in [0.2, 0.25) is 0 Å². The van der Waals surface area contributed by atoms with Gasteiger partial charge in [-0.05, 0) is 41.9 Å². The van der Waals surface area contributed by atoms with Crippen molar-refractivity contribution in [1.82, 2.24) is 0 Å². The summed E-state index contributed by atoms with van der Waals surface area (Å²) < 4.78 is 11.6. The van der Waals surface area contributed by atoms with Gasteiger partial charge in [-0.3, -0.25) is 0 Å². The maximum Gasteiger partial charge on any atom is 0.138 e. The van der Waals surface area contributed by atoms with E-state index >= 15 is 0 Å². The van der Waals surface area contributed by atoms with E-state index in [1.54, 1.807) is 6.07 Å². The van der Waals surface area contributed by atoms with Crippen molar-refractivity contribution in [3.8, 4) is 11.8 Å². The van der Waals surface area contributed by atoms with Crippen molar-refractivity contribution in [3.05, 3.63) is 28.2 Å². The highest BCUT2D eigenvalue weighted by molar-refractivity contribution is 9.10. The van der Waals surface area contributed by atoms with Gasteiger partial charge in [-0.25, -0.2) is 0 Å². The van der Waals surface area contributed by atoms with Gasteiger partial charge in [-0.1, -0.05) is 6.07 Å². The van der Waals surface area contributed by atoms with Crippen LogP contribution in [0.3, 0.4) is 0 Å². The molecule has 0 bridgehead atoms. The molecule has 1 aromatic rings. The molecule has 0 heterocycles. The lowest BCUT2D eigenvalue weighted by molar-refractivity contribution is 0.0655. The van der Waals surface area contributed by atoms with E-state index in [9.17, 15) is 0 Å². The number of nitriles is 1. The molecule has 1 atom stereocenters. The van der Waals surface area contributed by atoms with E-state index in [1.165, 1.54) is 0 Å². The molecule has 3 nitrogen and oxygen atoms in total. The van der Waals surface area contributed by atoms with Gasteiger partial charge in [0.25, 0.3) is 0 Å². The molecule has 0 radical (unpaired) electrons. The van der Waals surface area contributed by atoms with E-state index < -0.39 is 0 Å². The van der Waals surface area contributed by atoms with Crippen molar-refractivity contribution < 1.29 is 9.47 Å². The number of nitrogens with zero attached hydrogens (tertiary/aromatic N) is 1. The summed E-state index contributed by atoms with van der Waals surface area (Å²) >= 11 is 3.32. The molecule has 4 heteroatoms. The minimum Gasteiger partial charge on any atom is -0.487 e. The SMILES string of the molecule is CCOCC(C)Oc1cccc(Br)c1C#N. The van der Waals surface area contributed by atoms with Crippen LogP contribution in [0.15, 0.2) is 22.7 Å². The summed E-state index contributed by atoms with van der Waals surface area (Å²) in [6.07, 6.45) is -0.0682. The fourth-order valence-corrected chi connectivity index (χ4v) is 1.68. The van der Waals surface area contributed by atoms with Crippen LogP contribution in [-0.2, 0) is 4.74 Å². The first-order chi connectivity index (χ1) is 7.69. The highest BCUT2D eigenvalue weighted by atomic mass is 79.9. The van der Waals surface area contributed by atoms with Crippen LogP contribution in [0.25, 0.3) is 0 Å². The summed E-state index contributed by atoms with van der Waals surface area (Å²) in [6, 6.07) is 7.56. The van der Waals surface area contributed by atoms with Gasteiger partial charge in [0.05, 0.1) is 6.61 Å². The maximum absolute atomic E-state index is 9.00. The van der Waals surface area contributed by atoms with Crippen molar-refractivity contribution in [1.29, 1.82) is 5.26 Å². The second-order valence-corrected chi connectivity index (χ2v) is 4.17. The topological polar surface area (TPSA) is 42.2 Å². The van der Waals surface area contributed by atoms with Crippen molar-refractivity contribution in [2.75, 3.05) is 13.2 Å². The molecular weight excluding hydrogens is 270 g/mol. The van der Waals surface area contributed by atoms with Gasteiger partial charge in [0.1, 0.15) is 23.5 Å². The van der Waals surface area contributed by atoms with E-state index in [0.717, 1.165) is 4.47 Å². The molecule has 1 rings (SSSR count). The molecule has 1 unspecified atom stereocenters. The Morgan fingerprint density at radius 1 is 1.50 bits per heavy atom. The van der Waals surface area contributed by atoms with Gasteiger partial charge in [0.15, 0.2) is 0 Å². The molecule has 0 amide bonds. The molecular formula is C12H14BrNO2. The lowest BCUT2D eigenvalue weighted by Gasteiger charge is -2.15. The smallest absolute Gasteiger partial charge is 0.138 e. The monoisotopic (exact) mass is 283 g/mol. The van der Waals surface area contributed by atoms with Crippen LogP contribution in [0.1, 0.15) is 19.4 Å². The first-order valence-corrected chi connectivity index (χ1v) is 5.91. The Kier molecular flexibility index (Phi) is 5.30. The minimum absolute atomic E-state index is 0.0682. The Morgan fingerprint density at radius 2 is 2.25 bits per heavy atom. The molecule has 0 fully saturated rings. The van der Waals surface area contributed by atoms with Crippen LogP contribution in [0.5, 0.6) is 5.75 Å². The molecule has 0 aromatic heterocycles. The van der Waals surface area contributed by atoms with E-state index in [1.807, 2.05) is 26.0 Å². The van der Waals surface area contributed by atoms with Gasteiger partial charge < -0.3 is 9.47 Å². The van der Waals surface area contributed by atoms with E-state index in [0.29, 0.717) is 24.5 Å². The van der Waals surface area contributed by atoms with Crippen LogP contribution in [0.4, 0.5) is 0 Å². The van der Waals surface area contributed by atoms with Gasteiger partial charge in [-0.2, -0.15) is 5.26 Å². The maximum atomic E-state index is 9.00. The Hall–Kier alpha value is -1.05. The van der Waals surface area contributed by atoms with Crippen molar-refractivity contribution in [2.45, 2.75) is 20.0 Å². The van der Waals surface area contributed by atoms with E-state index in [-0.39, 0.29) is 6.10 Å². The standard InChI is InChI=1S/C12H14BrNO2/c1-3-15-8-9(2)16-12-6-4-5-11(13)10(12)7-14/h4-6,9H,3,8H2,1-2H3. The molecule has 86 valence electrons. The van der Waals surface area contributed by atoms with E-state index in [4.69, 9.17) is 14.7 Å². The van der Waals surface area contributed by atoms with Crippen LogP contribution in [0.2, 0.25) is 0 Å². The lowest BCUT2D eigenvalue weighted by atomic mass is 10.2. The zero-order valence-corrected chi connectivity index (χ0v) is 11.0. The lowest BCUT2D eigenvalue weighted by Crippen LogP contribution is -2.19. The molecule has 0 N–H and O–H groups in total. The summed E-state index contributed by atoms with van der Waals surface area (Å²) in [5, 5.41) is 9.00. The summed E-state index contributed by atoms with van der Waals surface area (Å²) in [5.74, 6) is 0.587. The quantitative estimate of drug-likeness (QED) is 0.834. The molecule has 1 aromatic carbocycles. The van der Waals surface area contributed by atoms with Crippen molar-refractivity contribution in [2.24, 2.45) is 0 Å². The van der Waals surface area contributed by atoms with Crippen LogP contribution in [-0.4, -0.2) is 19.3 Å². The van der Waals surface area contributed by atoms with Crippen molar-refractivity contribution >= 4 is 15.9 Å². The predicted molar refractivity (Wildman–Crippen MR) is 65.4 cm³/mol. The fourth-order valence-electron chi connectivity index (χ4n) is 1.25. The van der Waals surface area contributed by atoms with Crippen molar-refractivity contribution in [3.63, 3.8) is 0 Å². The number of benzene rings is 1. The first kappa shape index (κ1) is 13.0. The van der Waals surface area contributed by atoms with E-state index in [2.05, 4.69) is 22.0 Å². The second kappa shape index (κ2) is 6.51. The number of halogens is 1. The number of hydrogen-bond acceptors (Lipinski definition) is 3. The Morgan fingerprint density at radius 3 is 2.88 bits per heavy atom. The number of rotatable bonds is 5. The summed E-state index contributed by atoms with van der Waals surface area (Å²) in [4.78, 5) is 0. The molecule has 16 heavy (non-hydrogen) atoms. The predicted octanol–water partition coefficient (Wildman–Crippen LogP) is 3.12. The summed E-state index contributed by atoms with van der Waals surface area (Å²) in [5.41, 5.74) is 0.519. The fraction of sp³-hybridized carbons (Fsp3) is 0.417. The minimum atomic E-state index is -0.0682. The third-order valence-electron chi connectivity index (χ3n) is 1.97. The van der Waals surface area contributed by atoms with Crippen LogP contribution >= 0.6 is 15.9 Å². The summed E-state index contributed by atoms with van der Waals surface area (Å²) in [6.45, 7) is 5.04. The third kappa shape index (κ3) is 3.51. The molecule has 0 aliphatic rings. The molecule has 0 saturated heterocycles. The average Bonchev–Trinajstić information content (AvgIpc) is 2.27. The zero-order chi connectivity index (χ0) is 12.0. The largest absolute Gasteiger partial charge is 0.487 e. The summed E-state index contributed by atoms with van der Waals surface area (Å²) in [7, 11) is 0. The number of hydrogen-bond donors (Lipinski definition) is 0. The number of ether oxygens (including phenoxy) is 2. The Balaban J connectivity index is 2.74. The molecule has 0 aliphatic heterocycles. The normalized spacial score (nSPS) is 11.9. The van der Waals surface area contributed by atoms with Crippen LogP contribution in [0, 0.1) is 11.3 Å². The molecule has 0 saturated carbocycles. The van der Waals surface area contributed by atoms with Gasteiger partial charge in [-0.15, -0.1) is 0 Å². The molecule has 0 spiro atoms. The molecule has 0 aliphatic carbocycles. The first-order valence-electron chi connectivity index (χ1n) is 5.12. The zero-order valence-electron chi connectivity index (χ0n) is 9.37. The third-order valence-corrected chi connectivity index (χ3v) is 2.63. The Labute approximate surface area is 104 Å². The van der Waals surface area contributed by atoms with Gasteiger partial charge in [0, 0.05) is 11.1 Å². The second-order valence-electron chi connectivity index (χ2n) is 3.31. The van der Waals surface area contributed by atoms with Gasteiger partial charge >= 0.3 is 0 Å². The highest BCUT2D eigenvalue weighted by Gasteiger charge is 2.10. The highest BCUT2D eigenvalue weighted by Crippen LogP contribution is 2.26. The van der Waals surface area contributed by atoms with Crippen LogP contribution < -0.4 is 4.74 Å². The average molecular weight is 284 g/mol.